The second kappa shape index (κ2) is 10.3. The van der Waals surface area contributed by atoms with Gasteiger partial charge in [-0.2, -0.15) is 0 Å². The summed E-state index contributed by atoms with van der Waals surface area (Å²) in [6, 6.07) is 7.02. The normalized spacial score (nSPS) is 10.5. The van der Waals surface area contributed by atoms with Crippen molar-refractivity contribution in [1.29, 1.82) is 0 Å². The van der Waals surface area contributed by atoms with Crippen LogP contribution < -0.4 is 10.8 Å². The molecule has 3 N–H and O–H groups in total. The van der Waals surface area contributed by atoms with E-state index in [9.17, 15) is 14.4 Å². The molecule has 1 rings (SSSR count). The zero-order valence-electron chi connectivity index (χ0n) is 13.2. The predicted octanol–water partition coefficient (Wildman–Crippen LogP) is 2.08. The van der Waals surface area contributed by atoms with E-state index in [1.54, 1.807) is 35.8 Å². The highest BCUT2D eigenvalue weighted by molar-refractivity contribution is 5.94. The van der Waals surface area contributed by atoms with Crippen LogP contribution in [0.15, 0.2) is 30.3 Å². The summed E-state index contributed by atoms with van der Waals surface area (Å²) in [7, 11) is 0. The minimum Gasteiger partial charge on any atom is -0.353 e. The predicted molar refractivity (Wildman–Crippen MR) is 86.9 cm³/mol. The van der Waals surface area contributed by atoms with Crippen molar-refractivity contribution in [1.82, 2.24) is 10.8 Å². The number of rotatable bonds is 9. The SMILES string of the molecule is CC(=O)c1ccc(/C=C/C(=O)NCCCCCC(=O)NO)cc1. The Kier molecular flexibility index (Phi) is 8.31. The summed E-state index contributed by atoms with van der Waals surface area (Å²) in [6.07, 6.45) is 5.64. The lowest BCUT2D eigenvalue weighted by atomic mass is 10.1. The van der Waals surface area contributed by atoms with Gasteiger partial charge >= 0.3 is 0 Å². The average molecular weight is 318 g/mol. The van der Waals surface area contributed by atoms with Gasteiger partial charge in [-0.1, -0.05) is 30.7 Å². The topological polar surface area (TPSA) is 95.5 Å². The number of hydroxylamine groups is 1. The number of Topliss-reactive ketones (excluding diaryl/α,β-unsaturated/α-hetero) is 1. The van der Waals surface area contributed by atoms with Gasteiger partial charge in [0.1, 0.15) is 0 Å². The van der Waals surface area contributed by atoms with Gasteiger partial charge < -0.3 is 5.32 Å². The van der Waals surface area contributed by atoms with E-state index in [2.05, 4.69) is 5.32 Å². The molecule has 0 saturated heterocycles. The van der Waals surface area contributed by atoms with Crippen LogP contribution in [0.5, 0.6) is 0 Å². The molecule has 6 nitrogen and oxygen atoms in total. The highest BCUT2D eigenvalue weighted by Crippen LogP contribution is 2.06. The number of carbonyl (C=O) groups is 3. The molecule has 0 atom stereocenters. The van der Waals surface area contributed by atoms with Crippen LogP contribution in [0.4, 0.5) is 0 Å². The summed E-state index contributed by atoms with van der Waals surface area (Å²) in [4.78, 5) is 33.6. The van der Waals surface area contributed by atoms with Crippen LogP contribution in [0.2, 0.25) is 0 Å². The van der Waals surface area contributed by atoms with E-state index in [1.165, 1.54) is 13.0 Å². The summed E-state index contributed by atoms with van der Waals surface area (Å²) in [5.74, 6) is -0.573. The minimum atomic E-state index is -0.396. The van der Waals surface area contributed by atoms with Crippen LogP contribution in [0.25, 0.3) is 6.08 Å². The first-order chi connectivity index (χ1) is 11.0. The van der Waals surface area contributed by atoms with E-state index in [4.69, 9.17) is 5.21 Å². The van der Waals surface area contributed by atoms with Crippen LogP contribution in [-0.2, 0) is 9.59 Å². The van der Waals surface area contributed by atoms with Crippen molar-refractivity contribution >= 4 is 23.7 Å². The summed E-state index contributed by atoms with van der Waals surface area (Å²) in [5.41, 5.74) is 3.07. The molecule has 0 aliphatic heterocycles. The second-order valence-electron chi connectivity index (χ2n) is 5.15. The van der Waals surface area contributed by atoms with E-state index >= 15 is 0 Å². The molecular formula is C17H22N2O4. The lowest BCUT2D eigenvalue weighted by Gasteiger charge is -2.02. The van der Waals surface area contributed by atoms with Crippen molar-refractivity contribution in [2.45, 2.75) is 32.6 Å². The lowest BCUT2D eigenvalue weighted by molar-refractivity contribution is -0.129. The average Bonchev–Trinajstić information content (AvgIpc) is 2.56. The molecule has 23 heavy (non-hydrogen) atoms. The second-order valence-corrected chi connectivity index (χ2v) is 5.15. The van der Waals surface area contributed by atoms with Crippen molar-refractivity contribution in [3.8, 4) is 0 Å². The summed E-state index contributed by atoms with van der Waals surface area (Å²) >= 11 is 0. The maximum Gasteiger partial charge on any atom is 0.243 e. The Bertz CT molecular complexity index is 564. The van der Waals surface area contributed by atoms with Crippen molar-refractivity contribution in [2.24, 2.45) is 0 Å². The Morgan fingerprint density at radius 1 is 1.09 bits per heavy atom. The fraction of sp³-hybridized carbons (Fsp3) is 0.353. The summed E-state index contributed by atoms with van der Waals surface area (Å²) in [5, 5.41) is 11.1. The van der Waals surface area contributed by atoms with Crippen LogP contribution in [0.3, 0.4) is 0 Å². The van der Waals surface area contributed by atoms with Crippen molar-refractivity contribution in [2.75, 3.05) is 6.54 Å². The molecule has 0 radical (unpaired) electrons. The lowest BCUT2D eigenvalue weighted by Crippen LogP contribution is -2.22. The Balaban J connectivity index is 2.23. The Hall–Kier alpha value is -2.47. The number of hydrogen-bond acceptors (Lipinski definition) is 4. The molecule has 124 valence electrons. The molecule has 0 bridgehead atoms. The third-order valence-corrected chi connectivity index (χ3v) is 3.25. The molecule has 0 aliphatic carbocycles. The third-order valence-electron chi connectivity index (χ3n) is 3.25. The summed E-state index contributed by atoms with van der Waals surface area (Å²) < 4.78 is 0. The molecule has 0 unspecified atom stereocenters. The molecule has 1 aromatic carbocycles. The molecule has 2 amide bonds. The zero-order valence-corrected chi connectivity index (χ0v) is 13.2. The fourth-order valence-corrected chi connectivity index (χ4v) is 1.91. The fourth-order valence-electron chi connectivity index (χ4n) is 1.91. The number of benzene rings is 1. The minimum absolute atomic E-state index is 0.00902. The Morgan fingerprint density at radius 3 is 2.39 bits per heavy atom. The van der Waals surface area contributed by atoms with Gasteiger partial charge in [0.2, 0.25) is 11.8 Å². The van der Waals surface area contributed by atoms with Gasteiger partial charge in [-0.3, -0.25) is 19.6 Å². The smallest absolute Gasteiger partial charge is 0.243 e. The number of carbonyl (C=O) groups excluding carboxylic acids is 3. The quantitative estimate of drug-likeness (QED) is 0.213. The van der Waals surface area contributed by atoms with Crippen LogP contribution in [-0.4, -0.2) is 29.3 Å². The van der Waals surface area contributed by atoms with Gasteiger partial charge in [0.05, 0.1) is 0 Å². The first-order valence-corrected chi connectivity index (χ1v) is 7.53. The van der Waals surface area contributed by atoms with E-state index in [-0.39, 0.29) is 18.1 Å². The van der Waals surface area contributed by atoms with Gasteiger partial charge in [0, 0.05) is 24.6 Å². The maximum atomic E-state index is 11.6. The number of unbranched alkanes of at least 4 members (excludes halogenated alkanes) is 2. The molecule has 0 aliphatic rings. The molecule has 0 aromatic heterocycles. The number of nitrogens with one attached hydrogen (secondary N) is 2. The van der Waals surface area contributed by atoms with E-state index < -0.39 is 5.91 Å². The highest BCUT2D eigenvalue weighted by atomic mass is 16.5. The maximum absolute atomic E-state index is 11.6. The number of hydrogen-bond donors (Lipinski definition) is 3. The first kappa shape index (κ1) is 18.6. The molecule has 0 spiro atoms. The van der Waals surface area contributed by atoms with Crippen molar-refractivity contribution in [3.63, 3.8) is 0 Å². The van der Waals surface area contributed by atoms with Gasteiger partial charge in [-0.15, -0.1) is 0 Å². The van der Waals surface area contributed by atoms with Gasteiger partial charge in [0.25, 0.3) is 0 Å². The molecule has 1 aromatic rings. The molecule has 0 fully saturated rings. The van der Waals surface area contributed by atoms with Crippen molar-refractivity contribution < 1.29 is 19.6 Å². The zero-order chi connectivity index (χ0) is 17.1. The van der Waals surface area contributed by atoms with Gasteiger partial charge in [0.15, 0.2) is 5.78 Å². The van der Waals surface area contributed by atoms with Crippen LogP contribution in [0.1, 0.15) is 48.5 Å². The molecule has 6 heteroatoms. The van der Waals surface area contributed by atoms with Gasteiger partial charge in [-0.05, 0) is 31.4 Å². The van der Waals surface area contributed by atoms with E-state index in [1.807, 2.05) is 0 Å². The summed E-state index contributed by atoms with van der Waals surface area (Å²) in [6.45, 7) is 2.04. The van der Waals surface area contributed by atoms with E-state index in [0.717, 1.165) is 18.4 Å². The first-order valence-electron chi connectivity index (χ1n) is 7.53. The van der Waals surface area contributed by atoms with Crippen LogP contribution in [0, 0.1) is 0 Å². The van der Waals surface area contributed by atoms with Crippen molar-refractivity contribution in [3.05, 3.63) is 41.5 Å². The Morgan fingerprint density at radius 2 is 1.78 bits per heavy atom. The van der Waals surface area contributed by atoms with E-state index in [0.29, 0.717) is 18.5 Å². The third kappa shape index (κ3) is 7.92. The number of ketones is 1. The largest absolute Gasteiger partial charge is 0.353 e. The molecule has 0 saturated carbocycles. The molecular weight excluding hydrogens is 296 g/mol. The molecule has 0 heterocycles. The number of amides is 2. The monoisotopic (exact) mass is 318 g/mol. The highest BCUT2D eigenvalue weighted by Gasteiger charge is 2.00. The van der Waals surface area contributed by atoms with Crippen LogP contribution >= 0.6 is 0 Å². The standard InChI is InChI=1S/C17H22N2O4/c1-13(20)15-9-6-14(7-10-15)8-11-16(21)18-12-4-2-3-5-17(22)19-23/h6-11,23H,2-5,12H2,1H3,(H,18,21)(H,19,22)/b11-8+. The Labute approximate surface area is 135 Å². The van der Waals surface area contributed by atoms with Gasteiger partial charge in [-0.25, -0.2) is 5.48 Å².